The molecule has 10 nitrogen and oxygen atoms in total. The van der Waals surface area contributed by atoms with Crippen LogP contribution in [0.3, 0.4) is 0 Å². The van der Waals surface area contributed by atoms with Gasteiger partial charge in [0.2, 0.25) is 11.9 Å². The molecule has 3 aromatic rings. The predicted molar refractivity (Wildman–Crippen MR) is 129 cm³/mol. The Morgan fingerprint density at radius 1 is 1.26 bits per heavy atom. The molecule has 2 aromatic heterocycles. The van der Waals surface area contributed by atoms with E-state index in [0.717, 1.165) is 0 Å². The van der Waals surface area contributed by atoms with Crippen LogP contribution in [-0.4, -0.2) is 55.3 Å². The molecule has 0 radical (unpaired) electrons. The number of benzene rings is 1. The van der Waals surface area contributed by atoms with E-state index in [2.05, 4.69) is 32.5 Å². The van der Waals surface area contributed by atoms with Crippen LogP contribution in [0.4, 0.5) is 5.95 Å². The molecule has 3 N–H and O–H groups in total. The maximum absolute atomic E-state index is 12.9. The Bertz CT molecular complexity index is 1300. The van der Waals surface area contributed by atoms with E-state index in [1.165, 1.54) is 26.5 Å². The lowest BCUT2D eigenvalue weighted by atomic mass is 10.0. The number of carbonyl (C=O) groups is 1. The van der Waals surface area contributed by atoms with E-state index in [1.54, 1.807) is 12.1 Å². The minimum atomic E-state index is -0.642. The van der Waals surface area contributed by atoms with Gasteiger partial charge in [-0.05, 0) is 19.1 Å². The van der Waals surface area contributed by atoms with Crippen molar-refractivity contribution in [1.29, 1.82) is 0 Å². The molecule has 1 aliphatic rings. The Hall–Kier alpha value is -3.63. The average Bonchev–Trinajstić information content (AvgIpc) is 3.26. The number of anilines is 1. The van der Waals surface area contributed by atoms with Gasteiger partial charge in [-0.3, -0.25) is 4.79 Å². The lowest BCUT2D eigenvalue weighted by Gasteiger charge is -2.20. The molecule has 1 saturated heterocycles. The van der Waals surface area contributed by atoms with Gasteiger partial charge in [-0.2, -0.15) is 0 Å². The number of amides is 1. The monoisotopic (exact) mass is 485 g/mol. The van der Waals surface area contributed by atoms with Crippen LogP contribution in [0.15, 0.2) is 40.2 Å². The quantitative estimate of drug-likeness (QED) is 0.432. The first-order valence-corrected chi connectivity index (χ1v) is 10.9. The number of hydrogen-bond acceptors (Lipinski definition) is 9. The smallest absolute Gasteiger partial charge is 0.363 e. The van der Waals surface area contributed by atoms with E-state index in [1.807, 2.05) is 6.92 Å². The second-order valence-corrected chi connectivity index (χ2v) is 8.10. The standard InChI is InChI=1S/C23H24ClN5O5/c1-5-18(30)27-13-9-25-10-14(13)28-23-26-8-12-6-16(34-22(31)21(12)29-23)19-11(2)15(32-3)7-17(33-4)20(19)24/h5-8,13-14,25H,1,9-10H2,2-4H3,(H,27,30)(H,26,28,29)/t13-,14+/m0/s1. The third kappa shape index (κ3) is 4.42. The van der Waals surface area contributed by atoms with Gasteiger partial charge in [0.15, 0.2) is 5.52 Å². The molecule has 11 heteroatoms. The second-order valence-electron chi connectivity index (χ2n) is 7.72. The highest BCUT2D eigenvalue weighted by atomic mass is 35.5. The summed E-state index contributed by atoms with van der Waals surface area (Å²) in [5, 5.41) is 9.99. The summed E-state index contributed by atoms with van der Waals surface area (Å²) in [5.74, 6) is 1.15. The van der Waals surface area contributed by atoms with Gasteiger partial charge in [0.25, 0.3) is 0 Å². The topological polar surface area (TPSA) is 128 Å². The highest BCUT2D eigenvalue weighted by molar-refractivity contribution is 6.35. The van der Waals surface area contributed by atoms with E-state index in [4.69, 9.17) is 25.5 Å². The number of nitrogens with one attached hydrogen (secondary N) is 3. The van der Waals surface area contributed by atoms with Crippen LogP contribution in [0.25, 0.3) is 22.2 Å². The summed E-state index contributed by atoms with van der Waals surface area (Å²) >= 11 is 6.54. The zero-order valence-electron chi connectivity index (χ0n) is 18.9. The highest BCUT2D eigenvalue weighted by Crippen LogP contribution is 2.42. The maximum Gasteiger partial charge on any atom is 0.363 e. The molecule has 4 rings (SSSR count). The van der Waals surface area contributed by atoms with Gasteiger partial charge in [0, 0.05) is 41.9 Å². The third-order valence-electron chi connectivity index (χ3n) is 5.67. The third-order valence-corrected chi connectivity index (χ3v) is 6.05. The van der Waals surface area contributed by atoms with Crippen LogP contribution in [0.1, 0.15) is 5.56 Å². The zero-order chi connectivity index (χ0) is 24.4. The number of hydrogen-bond donors (Lipinski definition) is 3. The van der Waals surface area contributed by atoms with Gasteiger partial charge in [-0.1, -0.05) is 18.2 Å². The molecule has 3 heterocycles. The number of aromatic nitrogens is 2. The Morgan fingerprint density at radius 2 is 2.00 bits per heavy atom. The molecule has 1 aliphatic heterocycles. The van der Waals surface area contributed by atoms with E-state index in [-0.39, 0.29) is 35.2 Å². The van der Waals surface area contributed by atoms with Crippen molar-refractivity contribution >= 4 is 34.4 Å². The Morgan fingerprint density at radius 3 is 2.71 bits per heavy atom. The molecule has 34 heavy (non-hydrogen) atoms. The Kier molecular flexibility index (Phi) is 6.71. The number of fused-ring (bicyclic) bond motifs is 1. The molecule has 2 atom stereocenters. The van der Waals surface area contributed by atoms with Gasteiger partial charge < -0.3 is 29.8 Å². The molecule has 0 bridgehead atoms. The second kappa shape index (κ2) is 9.70. The van der Waals surface area contributed by atoms with E-state index in [0.29, 0.717) is 46.1 Å². The van der Waals surface area contributed by atoms with Crippen molar-refractivity contribution in [3.05, 3.63) is 52.0 Å². The van der Waals surface area contributed by atoms with Crippen molar-refractivity contribution in [2.45, 2.75) is 19.0 Å². The number of nitrogens with zero attached hydrogens (tertiary/aromatic N) is 2. The Labute approximate surface area is 200 Å². The van der Waals surface area contributed by atoms with Crippen LogP contribution < -0.4 is 31.0 Å². The van der Waals surface area contributed by atoms with Crippen molar-refractivity contribution in [3.8, 4) is 22.8 Å². The largest absolute Gasteiger partial charge is 0.496 e. The van der Waals surface area contributed by atoms with Crippen molar-refractivity contribution < 1.29 is 18.7 Å². The van der Waals surface area contributed by atoms with Crippen molar-refractivity contribution in [1.82, 2.24) is 20.6 Å². The summed E-state index contributed by atoms with van der Waals surface area (Å²) < 4.78 is 16.4. The van der Waals surface area contributed by atoms with Crippen LogP contribution in [0.5, 0.6) is 11.5 Å². The highest BCUT2D eigenvalue weighted by Gasteiger charge is 2.28. The molecule has 0 aliphatic carbocycles. The maximum atomic E-state index is 12.9. The van der Waals surface area contributed by atoms with E-state index in [9.17, 15) is 9.59 Å². The minimum Gasteiger partial charge on any atom is -0.496 e. The van der Waals surface area contributed by atoms with Crippen LogP contribution in [0, 0.1) is 6.92 Å². The molecular formula is C23H24ClN5O5. The van der Waals surface area contributed by atoms with Crippen LogP contribution in [0.2, 0.25) is 5.02 Å². The van der Waals surface area contributed by atoms with Gasteiger partial charge in [-0.25, -0.2) is 14.8 Å². The molecule has 0 unspecified atom stereocenters. The lowest BCUT2D eigenvalue weighted by molar-refractivity contribution is -0.117. The summed E-state index contributed by atoms with van der Waals surface area (Å²) in [6.45, 7) is 6.45. The molecule has 1 fully saturated rings. The zero-order valence-corrected chi connectivity index (χ0v) is 19.7. The number of carbonyl (C=O) groups excluding carboxylic acids is 1. The van der Waals surface area contributed by atoms with E-state index >= 15 is 0 Å². The molecule has 0 saturated carbocycles. The number of rotatable bonds is 7. The predicted octanol–water partition coefficient (Wildman–Crippen LogP) is 2.28. The van der Waals surface area contributed by atoms with Gasteiger partial charge in [0.05, 0.1) is 31.3 Å². The van der Waals surface area contributed by atoms with Crippen LogP contribution >= 0.6 is 11.6 Å². The van der Waals surface area contributed by atoms with Crippen molar-refractivity contribution in [3.63, 3.8) is 0 Å². The molecule has 1 amide bonds. The summed E-state index contributed by atoms with van der Waals surface area (Å²) in [6.07, 6.45) is 2.75. The molecular weight excluding hydrogens is 462 g/mol. The molecule has 1 aromatic carbocycles. The SMILES string of the molecule is C=CC(=O)N[C@H]1CNC[C@H]1Nc1ncc2cc(-c3c(C)c(OC)cc(OC)c3Cl)oc(=O)c2n1. The average molecular weight is 486 g/mol. The Balaban J connectivity index is 1.69. The minimum absolute atomic E-state index is 0.113. The summed E-state index contributed by atoms with van der Waals surface area (Å²) in [5.41, 5.74) is 0.645. The molecule has 0 spiro atoms. The van der Waals surface area contributed by atoms with Crippen molar-refractivity contribution in [2.24, 2.45) is 0 Å². The first-order valence-electron chi connectivity index (χ1n) is 10.5. The lowest BCUT2D eigenvalue weighted by Crippen LogP contribution is -2.45. The summed E-state index contributed by atoms with van der Waals surface area (Å²) in [4.78, 5) is 33.2. The fourth-order valence-corrected chi connectivity index (χ4v) is 4.28. The van der Waals surface area contributed by atoms with Gasteiger partial charge >= 0.3 is 5.63 Å². The summed E-state index contributed by atoms with van der Waals surface area (Å²) in [6, 6.07) is 2.97. The van der Waals surface area contributed by atoms with Crippen molar-refractivity contribution in [2.75, 3.05) is 32.6 Å². The fourth-order valence-electron chi connectivity index (χ4n) is 3.92. The normalized spacial score (nSPS) is 17.4. The van der Waals surface area contributed by atoms with E-state index < -0.39 is 5.63 Å². The number of methoxy groups -OCH3 is 2. The molecule has 178 valence electrons. The number of halogens is 1. The van der Waals surface area contributed by atoms with Gasteiger partial charge in [-0.15, -0.1) is 0 Å². The fraction of sp³-hybridized carbons (Fsp3) is 0.304. The van der Waals surface area contributed by atoms with Crippen LogP contribution in [-0.2, 0) is 4.79 Å². The summed E-state index contributed by atoms with van der Waals surface area (Å²) in [7, 11) is 3.03. The number of ether oxygens (including phenoxy) is 2. The first-order chi connectivity index (χ1) is 16.4. The van der Waals surface area contributed by atoms with Gasteiger partial charge in [0.1, 0.15) is 17.3 Å². The first kappa shape index (κ1) is 23.5.